The Balaban J connectivity index is 0.00000256. The number of aromatic nitrogens is 2. The van der Waals surface area contributed by atoms with Gasteiger partial charge in [0.25, 0.3) is 0 Å². The number of rotatable bonds is 6. The maximum atomic E-state index is 12.7. The van der Waals surface area contributed by atoms with Crippen molar-refractivity contribution >= 4 is 18.3 Å². The summed E-state index contributed by atoms with van der Waals surface area (Å²) in [5.74, 6) is 0.133. The molecule has 1 fully saturated rings. The van der Waals surface area contributed by atoms with Crippen LogP contribution < -0.4 is 11.1 Å². The summed E-state index contributed by atoms with van der Waals surface area (Å²) in [5.41, 5.74) is 10.3. The minimum absolute atomic E-state index is 0. The quantitative estimate of drug-likeness (QED) is 0.624. The first kappa shape index (κ1) is 22.1. The maximum Gasteiger partial charge on any atom is 0.223 e. The molecule has 1 heterocycles. The summed E-state index contributed by atoms with van der Waals surface area (Å²) in [6.07, 6.45) is 5.81. The van der Waals surface area contributed by atoms with Gasteiger partial charge >= 0.3 is 0 Å². The monoisotopic (exact) mass is 424 g/mol. The van der Waals surface area contributed by atoms with E-state index < -0.39 is 0 Å². The lowest BCUT2D eigenvalue weighted by Gasteiger charge is -2.25. The second kappa shape index (κ2) is 10.4. The molecule has 30 heavy (non-hydrogen) atoms. The molecular formula is C24H29ClN4O. The smallest absolute Gasteiger partial charge is 0.223 e. The van der Waals surface area contributed by atoms with Gasteiger partial charge in [-0.15, -0.1) is 12.4 Å². The Morgan fingerprint density at radius 3 is 2.47 bits per heavy atom. The van der Waals surface area contributed by atoms with Crippen LogP contribution in [0.2, 0.25) is 0 Å². The number of halogens is 1. The van der Waals surface area contributed by atoms with Crippen LogP contribution in [-0.2, 0) is 17.9 Å². The zero-order valence-corrected chi connectivity index (χ0v) is 17.9. The normalized spacial score (nSPS) is 18.4. The van der Waals surface area contributed by atoms with E-state index in [-0.39, 0.29) is 30.3 Å². The number of hydrogen-bond acceptors (Lipinski definition) is 3. The van der Waals surface area contributed by atoms with Gasteiger partial charge in [0.2, 0.25) is 5.91 Å². The molecule has 2 aromatic carbocycles. The molecule has 0 bridgehead atoms. The highest BCUT2D eigenvalue weighted by molar-refractivity contribution is 5.85. The van der Waals surface area contributed by atoms with Crippen LogP contribution in [0.4, 0.5) is 0 Å². The Labute approximate surface area is 184 Å². The molecule has 1 amide bonds. The van der Waals surface area contributed by atoms with Crippen molar-refractivity contribution in [2.45, 2.75) is 44.8 Å². The number of hydrogen-bond donors (Lipinski definition) is 2. The third-order valence-corrected chi connectivity index (χ3v) is 5.61. The van der Waals surface area contributed by atoms with E-state index in [9.17, 15) is 4.79 Å². The van der Waals surface area contributed by atoms with Gasteiger partial charge in [0, 0.05) is 35.8 Å². The van der Waals surface area contributed by atoms with Crippen molar-refractivity contribution < 1.29 is 4.79 Å². The van der Waals surface area contributed by atoms with Crippen molar-refractivity contribution in [3.63, 3.8) is 0 Å². The standard InChI is InChI=1S/C24H28N4O.ClH/c25-22-13-7-12-20(14-22)24(29)26-15-21-17-28(16-18-8-3-1-4-9-18)27-23(21)19-10-5-2-6-11-19;/h1-6,8-11,17,20,22H,7,12-16,25H2,(H,26,29);1H. The van der Waals surface area contributed by atoms with Crippen LogP contribution in [0.25, 0.3) is 11.3 Å². The summed E-state index contributed by atoms with van der Waals surface area (Å²) in [6.45, 7) is 1.18. The number of amides is 1. The summed E-state index contributed by atoms with van der Waals surface area (Å²) in [4.78, 5) is 12.7. The fraction of sp³-hybridized carbons (Fsp3) is 0.333. The first-order valence-corrected chi connectivity index (χ1v) is 10.4. The van der Waals surface area contributed by atoms with Gasteiger partial charge in [-0.05, 0) is 24.8 Å². The van der Waals surface area contributed by atoms with Crippen molar-refractivity contribution in [1.29, 1.82) is 0 Å². The minimum atomic E-state index is 0. The predicted octanol–water partition coefficient (Wildman–Crippen LogP) is 4.15. The predicted molar refractivity (Wildman–Crippen MR) is 122 cm³/mol. The molecule has 0 aliphatic heterocycles. The van der Waals surface area contributed by atoms with Crippen molar-refractivity contribution in [3.05, 3.63) is 78.0 Å². The second-order valence-corrected chi connectivity index (χ2v) is 7.89. The van der Waals surface area contributed by atoms with Crippen LogP contribution in [0.1, 0.15) is 36.8 Å². The number of nitrogens with two attached hydrogens (primary N) is 1. The molecule has 3 aromatic rings. The van der Waals surface area contributed by atoms with Crippen molar-refractivity contribution in [2.75, 3.05) is 0 Å². The van der Waals surface area contributed by atoms with Gasteiger partial charge in [0.05, 0.1) is 12.2 Å². The second-order valence-electron chi connectivity index (χ2n) is 7.89. The van der Waals surface area contributed by atoms with Crippen molar-refractivity contribution in [1.82, 2.24) is 15.1 Å². The lowest BCUT2D eigenvalue weighted by molar-refractivity contribution is -0.126. The molecule has 1 aliphatic rings. The Morgan fingerprint density at radius 1 is 1.07 bits per heavy atom. The summed E-state index contributed by atoms with van der Waals surface area (Å²) < 4.78 is 1.95. The summed E-state index contributed by atoms with van der Waals surface area (Å²) in [6, 6.07) is 20.6. The lowest BCUT2D eigenvalue weighted by Crippen LogP contribution is -2.37. The molecule has 4 rings (SSSR count). The molecule has 3 N–H and O–H groups in total. The van der Waals surface area contributed by atoms with E-state index in [1.165, 1.54) is 5.56 Å². The highest BCUT2D eigenvalue weighted by atomic mass is 35.5. The Morgan fingerprint density at radius 2 is 1.77 bits per heavy atom. The summed E-state index contributed by atoms with van der Waals surface area (Å²) in [7, 11) is 0. The van der Waals surface area contributed by atoms with Crippen molar-refractivity contribution in [3.8, 4) is 11.3 Å². The van der Waals surface area contributed by atoms with Crippen LogP contribution >= 0.6 is 12.4 Å². The third-order valence-electron chi connectivity index (χ3n) is 5.61. The summed E-state index contributed by atoms with van der Waals surface area (Å²) >= 11 is 0. The van der Waals surface area contributed by atoms with Crippen LogP contribution in [0.5, 0.6) is 0 Å². The topological polar surface area (TPSA) is 72.9 Å². The van der Waals surface area contributed by atoms with E-state index in [1.54, 1.807) is 0 Å². The first-order chi connectivity index (χ1) is 14.2. The zero-order valence-electron chi connectivity index (χ0n) is 17.0. The van der Waals surface area contributed by atoms with E-state index >= 15 is 0 Å². The Bertz CT molecular complexity index is 942. The molecule has 0 saturated heterocycles. The minimum Gasteiger partial charge on any atom is -0.352 e. The lowest BCUT2D eigenvalue weighted by atomic mass is 9.85. The summed E-state index contributed by atoms with van der Waals surface area (Å²) in [5, 5.41) is 7.95. The average molecular weight is 425 g/mol. The zero-order chi connectivity index (χ0) is 20.1. The SMILES string of the molecule is Cl.NC1CCCC(C(=O)NCc2cn(Cc3ccccc3)nc2-c2ccccc2)C1. The number of nitrogens with zero attached hydrogens (tertiary/aromatic N) is 2. The Hall–Kier alpha value is -2.63. The molecule has 158 valence electrons. The van der Waals surface area contributed by atoms with Gasteiger partial charge in [0.1, 0.15) is 0 Å². The highest BCUT2D eigenvalue weighted by Crippen LogP contribution is 2.25. The fourth-order valence-electron chi connectivity index (χ4n) is 4.07. The molecule has 6 heteroatoms. The number of carbonyl (C=O) groups excluding carboxylic acids is 1. The molecule has 2 atom stereocenters. The molecule has 5 nitrogen and oxygen atoms in total. The van der Waals surface area contributed by atoms with E-state index in [0.29, 0.717) is 13.1 Å². The van der Waals surface area contributed by atoms with E-state index in [1.807, 2.05) is 47.3 Å². The molecule has 2 unspecified atom stereocenters. The number of carbonyl (C=O) groups is 1. The van der Waals surface area contributed by atoms with Crippen LogP contribution in [0.15, 0.2) is 66.9 Å². The van der Waals surface area contributed by atoms with Crippen LogP contribution in [-0.4, -0.2) is 21.7 Å². The first-order valence-electron chi connectivity index (χ1n) is 10.4. The fourth-order valence-corrected chi connectivity index (χ4v) is 4.07. The van der Waals surface area contributed by atoms with E-state index in [4.69, 9.17) is 10.8 Å². The Kier molecular flexibility index (Phi) is 7.66. The largest absolute Gasteiger partial charge is 0.352 e. The van der Waals surface area contributed by atoms with Gasteiger partial charge in [-0.2, -0.15) is 5.10 Å². The van der Waals surface area contributed by atoms with Crippen LogP contribution in [0.3, 0.4) is 0 Å². The van der Waals surface area contributed by atoms with Crippen LogP contribution in [0, 0.1) is 5.92 Å². The molecule has 1 aliphatic carbocycles. The van der Waals surface area contributed by atoms with Gasteiger partial charge < -0.3 is 11.1 Å². The highest BCUT2D eigenvalue weighted by Gasteiger charge is 2.25. The molecule has 0 spiro atoms. The van der Waals surface area contributed by atoms with Gasteiger partial charge in [-0.3, -0.25) is 9.48 Å². The van der Waals surface area contributed by atoms with Crippen molar-refractivity contribution in [2.24, 2.45) is 11.7 Å². The van der Waals surface area contributed by atoms with Gasteiger partial charge in [-0.25, -0.2) is 0 Å². The van der Waals surface area contributed by atoms with Gasteiger partial charge in [-0.1, -0.05) is 67.1 Å². The van der Waals surface area contributed by atoms with E-state index in [2.05, 4.69) is 29.6 Å². The van der Waals surface area contributed by atoms with Gasteiger partial charge in [0.15, 0.2) is 0 Å². The molecule has 0 radical (unpaired) electrons. The number of benzene rings is 2. The maximum absolute atomic E-state index is 12.7. The number of nitrogens with one attached hydrogen (secondary N) is 1. The average Bonchev–Trinajstić information content (AvgIpc) is 3.16. The molecule has 1 saturated carbocycles. The third kappa shape index (κ3) is 5.49. The molecule has 1 aromatic heterocycles. The van der Waals surface area contributed by atoms with E-state index in [0.717, 1.165) is 42.5 Å². The molecular weight excluding hydrogens is 396 g/mol.